The number of aromatic nitrogens is 1. The van der Waals surface area contributed by atoms with Crippen molar-refractivity contribution in [1.29, 1.82) is 0 Å². The van der Waals surface area contributed by atoms with Crippen LogP contribution in [0.2, 0.25) is 0 Å². The monoisotopic (exact) mass is 574 g/mol. The fourth-order valence-electron chi connectivity index (χ4n) is 2.59. The first-order valence-electron chi connectivity index (χ1n) is 8.18. The smallest absolute Gasteiger partial charge is 0.357 e. The molecule has 2 N–H and O–H groups in total. The summed E-state index contributed by atoms with van der Waals surface area (Å²) in [5.74, 6) is 1.02. The van der Waals surface area contributed by atoms with Crippen LogP contribution in [0.5, 0.6) is 0 Å². The van der Waals surface area contributed by atoms with Gasteiger partial charge in [-0.15, -0.1) is 35.3 Å². The molecule has 27 heavy (non-hydrogen) atoms. The van der Waals surface area contributed by atoms with E-state index in [1.165, 1.54) is 5.56 Å². The van der Waals surface area contributed by atoms with Crippen molar-refractivity contribution in [2.24, 2.45) is 4.99 Å². The maximum absolute atomic E-state index is 12.6. The minimum absolute atomic E-state index is 0. The molecule has 1 saturated carbocycles. The molecule has 0 spiro atoms. The van der Waals surface area contributed by atoms with Crippen LogP contribution >= 0.6 is 51.2 Å². The van der Waals surface area contributed by atoms with Crippen LogP contribution in [0, 0.1) is 0 Å². The summed E-state index contributed by atoms with van der Waals surface area (Å²) in [6.07, 6.45) is -3.41. The second-order valence-corrected chi connectivity index (χ2v) is 7.82. The van der Waals surface area contributed by atoms with Crippen molar-refractivity contribution in [3.8, 4) is 0 Å². The van der Waals surface area contributed by atoms with Gasteiger partial charge in [0.1, 0.15) is 5.01 Å². The number of rotatable bonds is 5. The highest BCUT2D eigenvalue weighted by Crippen LogP contribution is 2.41. The summed E-state index contributed by atoms with van der Waals surface area (Å²) in [7, 11) is 0. The van der Waals surface area contributed by atoms with Crippen LogP contribution in [0.1, 0.15) is 35.5 Å². The van der Waals surface area contributed by atoms with E-state index in [-0.39, 0.29) is 36.6 Å². The summed E-state index contributed by atoms with van der Waals surface area (Å²) in [6.45, 7) is 2.74. The zero-order chi connectivity index (χ0) is 18.7. The molecule has 1 aromatic carbocycles. The summed E-state index contributed by atoms with van der Waals surface area (Å²) in [5, 5.41) is 7.84. The van der Waals surface area contributed by atoms with E-state index in [1.807, 2.05) is 19.1 Å². The molecule has 0 aliphatic heterocycles. The van der Waals surface area contributed by atoms with Gasteiger partial charge in [-0.2, -0.15) is 13.2 Å². The van der Waals surface area contributed by atoms with E-state index >= 15 is 0 Å². The average Bonchev–Trinajstić information content (AvgIpc) is 3.16. The van der Waals surface area contributed by atoms with E-state index < -0.39 is 11.9 Å². The lowest BCUT2D eigenvalue weighted by Crippen LogP contribution is -2.39. The van der Waals surface area contributed by atoms with Crippen molar-refractivity contribution in [3.63, 3.8) is 0 Å². The lowest BCUT2D eigenvalue weighted by molar-refractivity contribution is -0.140. The van der Waals surface area contributed by atoms with Crippen molar-refractivity contribution in [1.82, 2.24) is 15.6 Å². The van der Waals surface area contributed by atoms with E-state index in [1.54, 1.807) is 0 Å². The summed E-state index contributed by atoms with van der Waals surface area (Å²) in [6, 6.07) is 8.50. The van der Waals surface area contributed by atoms with Crippen molar-refractivity contribution in [2.75, 3.05) is 6.54 Å². The third-order valence-corrected chi connectivity index (χ3v) is 5.33. The van der Waals surface area contributed by atoms with Gasteiger partial charge < -0.3 is 10.6 Å². The third kappa shape index (κ3) is 6.31. The van der Waals surface area contributed by atoms with Gasteiger partial charge in [0.05, 0.1) is 6.54 Å². The van der Waals surface area contributed by atoms with Crippen LogP contribution in [-0.4, -0.2) is 23.5 Å². The predicted molar refractivity (Wildman–Crippen MR) is 116 cm³/mol. The molecule has 1 heterocycles. The third-order valence-electron chi connectivity index (χ3n) is 3.97. The Balaban J connectivity index is 0.00000261. The molecule has 10 heteroatoms. The minimum atomic E-state index is -4.41. The SMILES string of the molecule is CCNC(=NCc1nc(C(F)(F)F)cs1)NC1CC1c1ccc(Br)cc1.I. The van der Waals surface area contributed by atoms with Crippen molar-refractivity contribution in [2.45, 2.75) is 38.0 Å². The number of hydrogen-bond acceptors (Lipinski definition) is 3. The van der Waals surface area contributed by atoms with E-state index in [0.717, 1.165) is 27.6 Å². The van der Waals surface area contributed by atoms with Crippen LogP contribution in [-0.2, 0) is 12.7 Å². The highest BCUT2D eigenvalue weighted by molar-refractivity contribution is 14.0. The summed E-state index contributed by atoms with van der Waals surface area (Å²) in [4.78, 5) is 7.97. The van der Waals surface area contributed by atoms with Crippen molar-refractivity contribution >= 4 is 57.2 Å². The molecular formula is C17H19BrF3IN4S. The van der Waals surface area contributed by atoms with Gasteiger partial charge in [-0.05, 0) is 31.0 Å². The van der Waals surface area contributed by atoms with Gasteiger partial charge in [-0.3, -0.25) is 0 Å². The number of hydrogen-bond donors (Lipinski definition) is 2. The zero-order valence-electron chi connectivity index (χ0n) is 14.4. The Hall–Kier alpha value is -0.880. The normalized spacial score (nSPS) is 19.4. The van der Waals surface area contributed by atoms with Gasteiger partial charge in [0.2, 0.25) is 0 Å². The quantitative estimate of drug-likeness (QED) is 0.295. The van der Waals surface area contributed by atoms with Crippen molar-refractivity contribution in [3.05, 3.63) is 50.4 Å². The van der Waals surface area contributed by atoms with Gasteiger partial charge in [-0.1, -0.05) is 28.1 Å². The molecule has 2 aromatic rings. The molecule has 0 saturated heterocycles. The van der Waals surface area contributed by atoms with Crippen LogP contribution in [0.3, 0.4) is 0 Å². The summed E-state index contributed by atoms with van der Waals surface area (Å²) < 4.78 is 38.9. The molecule has 0 bridgehead atoms. The predicted octanol–water partition coefficient (Wildman–Crippen LogP) is 5.15. The number of nitrogens with zero attached hydrogens (tertiary/aromatic N) is 2. The topological polar surface area (TPSA) is 49.3 Å². The second-order valence-electron chi connectivity index (χ2n) is 5.96. The standard InChI is InChI=1S/C17H18BrF3N4S.HI/c1-2-22-16(23-8-15-25-14(9-26-15)17(19,20)21)24-13-7-12(13)10-3-5-11(18)6-4-10;/h3-6,9,12-13H,2,7-8H2,1H3,(H2,22,23,24);1H. The van der Waals surface area contributed by atoms with Crippen LogP contribution in [0.4, 0.5) is 13.2 Å². The fourth-order valence-corrected chi connectivity index (χ4v) is 3.58. The zero-order valence-corrected chi connectivity index (χ0v) is 19.1. The first kappa shape index (κ1) is 22.4. The molecule has 3 rings (SSSR count). The minimum Gasteiger partial charge on any atom is -0.357 e. The molecule has 148 valence electrons. The lowest BCUT2D eigenvalue weighted by Gasteiger charge is -2.11. The molecule has 1 fully saturated rings. The number of alkyl halides is 3. The number of nitrogens with one attached hydrogen (secondary N) is 2. The fraction of sp³-hybridized carbons (Fsp3) is 0.412. The molecule has 0 amide bonds. The maximum atomic E-state index is 12.6. The lowest BCUT2D eigenvalue weighted by atomic mass is 10.1. The molecule has 2 unspecified atom stereocenters. The number of aliphatic imine (C=N–C) groups is 1. The van der Waals surface area contributed by atoms with Gasteiger partial charge in [0.25, 0.3) is 0 Å². The molecule has 1 aliphatic rings. The van der Waals surface area contributed by atoms with E-state index in [2.05, 4.69) is 48.7 Å². The van der Waals surface area contributed by atoms with E-state index in [0.29, 0.717) is 23.4 Å². The number of halogens is 5. The number of thiazole rings is 1. The van der Waals surface area contributed by atoms with Crippen LogP contribution in [0.25, 0.3) is 0 Å². The maximum Gasteiger partial charge on any atom is 0.434 e. The molecule has 2 atom stereocenters. The van der Waals surface area contributed by atoms with Gasteiger partial charge in [0, 0.05) is 28.4 Å². The van der Waals surface area contributed by atoms with Gasteiger partial charge in [-0.25, -0.2) is 9.98 Å². The Kier molecular flexibility index (Phi) is 7.93. The summed E-state index contributed by atoms with van der Waals surface area (Å²) in [5.41, 5.74) is 0.402. The average molecular weight is 575 g/mol. The highest BCUT2D eigenvalue weighted by atomic mass is 127. The molecule has 1 aromatic heterocycles. The van der Waals surface area contributed by atoms with Gasteiger partial charge in [0.15, 0.2) is 11.7 Å². The Morgan fingerprint density at radius 1 is 1.33 bits per heavy atom. The van der Waals surface area contributed by atoms with E-state index in [4.69, 9.17) is 0 Å². The molecule has 4 nitrogen and oxygen atoms in total. The highest BCUT2D eigenvalue weighted by Gasteiger charge is 2.39. The van der Waals surface area contributed by atoms with Gasteiger partial charge >= 0.3 is 6.18 Å². The number of benzene rings is 1. The number of guanidine groups is 1. The summed E-state index contributed by atoms with van der Waals surface area (Å²) >= 11 is 4.40. The molecular weight excluding hydrogens is 556 g/mol. The van der Waals surface area contributed by atoms with Crippen molar-refractivity contribution < 1.29 is 13.2 Å². The Morgan fingerprint density at radius 3 is 2.63 bits per heavy atom. The Labute approximate surface area is 185 Å². The van der Waals surface area contributed by atoms with Crippen LogP contribution in [0.15, 0.2) is 39.1 Å². The van der Waals surface area contributed by atoms with E-state index in [9.17, 15) is 13.2 Å². The largest absolute Gasteiger partial charge is 0.434 e. The molecule has 0 radical (unpaired) electrons. The first-order valence-corrected chi connectivity index (χ1v) is 9.86. The Morgan fingerprint density at radius 2 is 2.04 bits per heavy atom. The Bertz CT molecular complexity index is 779. The first-order chi connectivity index (χ1) is 12.4. The van der Waals surface area contributed by atoms with Crippen LogP contribution < -0.4 is 10.6 Å². The molecule has 1 aliphatic carbocycles. The second kappa shape index (κ2) is 9.55.